The minimum absolute atomic E-state index is 0. The quantitative estimate of drug-likeness (QED) is 0.321. The van der Waals surface area contributed by atoms with Crippen LogP contribution in [-0.4, -0.2) is 0 Å². The Hall–Kier alpha value is 0.468. The van der Waals surface area contributed by atoms with Crippen molar-refractivity contribution in [3.05, 3.63) is 0 Å². The third-order valence-corrected chi connectivity index (χ3v) is 0. The van der Waals surface area contributed by atoms with Crippen LogP contribution in [0.4, 0.5) is 0 Å². The predicted octanol–water partition coefficient (Wildman–Crippen LogP) is -6.23. The maximum Gasteiger partial charge on any atom is 0 e. The first kappa shape index (κ1) is 498. The van der Waals surface area contributed by atoms with Crippen LogP contribution in [-0.2, 0) is 32.0 Å². The van der Waals surface area contributed by atoms with Crippen molar-refractivity contribution in [2.24, 2.45) is 0 Å². The molecule has 0 atom stereocenters. The fourth-order valence-corrected chi connectivity index (χ4v) is 0. The molecule has 0 aliphatic carbocycles. The molecule has 0 unspecified atom stereocenters. The van der Waals surface area contributed by atoms with Crippen LogP contribution in [0.2, 0.25) is 0 Å². The van der Waals surface area contributed by atoms with E-state index >= 15 is 0 Å². The van der Waals surface area contributed by atoms with Crippen LogP contribution >= 0.6 is 0 Å². The Balaban J connectivity index is 0. The Morgan fingerprint density at radius 3 is 0.600 bits per heavy atom. The Bertz CT molecular complexity index is 7.61. The molecule has 5 heavy (non-hydrogen) atoms. The monoisotopic (exact) mass is 168 g/mol. The third-order valence-electron chi connectivity index (χ3n) is 0. The second-order valence-electron chi connectivity index (χ2n) is 0. The maximum absolute atomic E-state index is 0. The van der Waals surface area contributed by atoms with Gasteiger partial charge in [-0.2, -0.15) is 0 Å². The zero-order valence-electron chi connectivity index (χ0n) is 1.98. The number of halogens is 2. The molecule has 0 aliphatic rings. The molecule has 0 amide bonds. The van der Waals surface area contributed by atoms with Crippen LogP contribution < -0.4 is 9.41 Å². The van der Waals surface area contributed by atoms with Crippen LogP contribution in [0.5, 0.6) is 0 Å². The summed E-state index contributed by atoms with van der Waals surface area (Å²) in [5.74, 6) is 0. The summed E-state index contributed by atoms with van der Waals surface area (Å²) in [6.07, 6.45) is 0. The Morgan fingerprint density at radius 1 is 0.600 bits per heavy atom. The summed E-state index contributed by atoms with van der Waals surface area (Å²) in [6.45, 7) is 0. The minimum atomic E-state index is 0. The van der Waals surface area contributed by atoms with Crippen molar-refractivity contribution in [1.29, 1.82) is 0 Å². The van der Waals surface area contributed by atoms with Gasteiger partial charge in [-0.3, -0.25) is 0 Å². The molecule has 0 aromatic heterocycles. The zero-order valence-corrected chi connectivity index (χ0v) is 3.99. The van der Waals surface area contributed by atoms with Crippen molar-refractivity contribution in [2.75, 3.05) is 0 Å². The van der Waals surface area contributed by atoms with Gasteiger partial charge in [-0.05, 0) is 0 Å². The molecule has 0 aromatic rings. The van der Waals surface area contributed by atoms with E-state index in [9.17, 15) is 0 Å². The van der Waals surface area contributed by atoms with Crippen molar-refractivity contribution in [2.45, 2.75) is 0 Å². The molecular weight excluding hydrogens is 166 g/mol. The molecule has 5 heteroatoms. The SMILES string of the molecule is [F-].[F-].[Mo].[O-2].[O-2]. The van der Waals surface area contributed by atoms with E-state index in [1.165, 1.54) is 0 Å². The van der Waals surface area contributed by atoms with Crippen LogP contribution in [0.15, 0.2) is 0 Å². The number of rotatable bonds is 0. The number of hydrogen-bond donors (Lipinski definition) is 0. The van der Waals surface area contributed by atoms with Crippen molar-refractivity contribution in [3.63, 3.8) is 0 Å². The molecule has 0 aromatic carbocycles. The molecule has 0 bridgehead atoms. The van der Waals surface area contributed by atoms with Crippen molar-refractivity contribution < 1.29 is 41.4 Å². The molecule has 0 rings (SSSR count). The first-order valence-electron chi connectivity index (χ1n) is 0. The van der Waals surface area contributed by atoms with Gasteiger partial charge in [0, 0.05) is 21.1 Å². The van der Waals surface area contributed by atoms with E-state index < -0.39 is 0 Å². The van der Waals surface area contributed by atoms with Gasteiger partial charge < -0.3 is 20.4 Å². The second-order valence-corrected chi connectivity index (χ2v) is 0. The van der Waals surface area contributed by atoms with Gasteiger partial charge in [0.2, 0.25) is 0 Å². The van der Waals surface area contributed by atoms with Crippen LogP contribution in [0.3, 0.4) is 0 Å². The molecule has 0 saturated heterocycles. The van der Waals surface area contributed by atoms with E-state index in [0.717, 1.165) is 0 Å². The number of hydrogen-bond acceptors (Lipinski definition) is 0. The average Bonchev–Trinajstić information content (AvgIpc) is 0. The Labute approximate surface area is 42.2 Å². The molecule has 38 valence electrons. The van der Waals surface area contributed by atoms with Gasteiger partial charge in [-0.1, -0.05) is 0 Å². The van der Waals surface area contributed by atoms with Crippen molar-refractivity contribution in [3.8, 4) is 0 Å². The molecule has 2 nitrogen and oxygen atoms in total. The van der Waals surface area contributed by atoms with E-state index in [2.05, 4.69) is 0 Å². The standard InChI is InChI=1S/2FH.Mo.2O/h2*1H;;;/q;;;2*-2/p-2. The molecule has 0 heterocycles. The van der Waals surface area contributed by atoms with Gasteiger partial charge in [0.15, 0.2) is 0 Å². The normalized spacial score (nSPS) is 0. The van der Waals surface area contributed by atoms with E-state index in [0.29, 0.717) is 0 Å². The molecular formula is F2MoO2-6. The molecule has 0 fully saturated rings. The third kappa shape index (κ3) is 124. The first-order chi connectivity index (χ1) is 0. The maximum atomic E-state index is 0. The van der Waals surface area contributed by atoms with Gasteiger partial charge in [0.05, 0.1) is 0 Å². The average molecular weight is 166 g/mol. The largest absolute Gasteiger partial charge is 2.00 e. The zero-order chi connectivity index (χ0) is 0. The Morgan fingerprint density at radius 2 is 0.600 bits per heavy atom. The fourth-order valence-electron chi connectivity index (χ4n) is 0. The summed E-state index contributed by atoms with van der Waals surface area (Å²) in [7, 11) is 0. The minimum Gasteiger partial charge on any atom is -2.00 e. The summed E-state index contributed by atoms with van der Waals surface area (Å²) < 4.78 is 0. The van der Waals surface area contributed by atoms with Gasteiger partial charge in [0.1, 0.15) is 0 Å². The Kier molecular flexibility index (Phi) is 24400. The van der Waals surface area contributed by atoms with Gasteiger partial charge in [-0.15, -0.1) is 0 Å². The smallest absolute Gasteiger partial charge is 0 e. The topological polar surface area (TPSA) is 57.0 Å². The first-order valence-corrected chi connectivity index (χ1v) is 0. The van der Waals surface area contributed by atoms with Gasteiger partial charge >= 0.3 is 0 Å². The molecule has 0 saturated carbocycles. The van der Waals surface area contributed by atoms with Gasteiger partial charge in [0.25, 0.3) is 0 Å². The summed E-state index contributed by atoms with van der Waals surface area (Å²) >= 11 is 0. The summed E-state index contributed by atoms with van der Waals surface area (Å²) in [5, 5.41) is 0. The molecule has 0 spiro atoms. The van der Waals surface area contributed by atoms with Crippen LogP contribution in [0, 0.1) is 0 Å². The summed E-state index contributed by atoms with van der Waals surface area (Å²) in [4.78, 5) is 0. The van der Waals surface area contributed by atoms with Gasteiger partial charge in [-0.25, -0.2) is 0 Å². The fraction of sp³-hybridized carbons (Fsp3) is 0. The molecule has 0 aliphatic heterocycles. The second kappa shape index (κ2) is 245. The predicted molar refractivity (Wildman–Crippen MR) is 1.37 cm³/mol. The van der Waals surface area contributed by atoms with E-state index in [1.807, 2.05) is 0 Å². The van der Waals surface area contributed by atoms with E-state index in [4.69, 9.17) is 0 Å². The van der Waals surface area contributed by atoms with Crippen LogP contribution in [0.25, 0.3) is 0 Å². The van der Waals surface area contributed by atoms with E-state index in [-0.39, 0.29) is 41.4 Å². The summed E-state index contributed by atoms with van der Waals surface area (Å²) in [5.41, 5.74) is 0. The van der Waals surface area contributed by atoms with E-state index in [1.54, 1.807) is 0 Å². The molecule has 0 radical (unpaired) electrons. The van der Waals surface area contributed by atoms with Crippen molar-refractivity contribution >= 4 is 0 Å². The van der Waals surface area contributed by atoms with Crippen LogP contribution in [0.1, 0.15) is 0 Å². The summed E-state index contributed by atoms with van der Waals surface area (Å²) in [6, 6.07) is 0. The molecule has 0 N–H and O–H groups in total. The van der Waals surface area contributed by atoms with Crippen molar-refractivity contribution in [1.82, 2.24) is 0 Å².